The quantitative estimate of drug-likeness (QED) is 0.663. The lowest BCUT2D eigenvalue weighted by atomic mass is 9.54. The van der Waals surface area contributed by atoms with Crippen LogP contribution in [0.25, 0.3) is 0 Å². The molecule has 2 aromatic rings. The molecule has 2 bridgehead atoms. The number of benzene rings is 2. The topological polar surface area (TPSA) is 66.5 Å². The Kier molecular flexibility index (Phi) is 3.72. The monoisotopic (exact) mass is 372 g/mol. The van der Waals surface area contributed by atoms with Gasteiger partial charge < -0.3 is 5.32 Å². The van der Waals surface area contributed by atoms with Crippen molar-refractivity contribution in [1.82, 2.24) is 0 Å². The van der Waals surface area contributed by atoms with Crippen LogP contribution < -0.4 is 10.2 Å². The number of allylic oxidation sites excluding steroid dienone is 1. The summed E-state index contributed by atoms with van der Waals surface area (Å²) in [4.78, 5) is 41.2. The second-order valence-electron chi connectivity index (χ2n) is 7.77. The maximum Gasteiger partial charge on any atom is 0.239 e. The first kappa shape index (κ1) is 16.9. The van der Waals surface area contributed by atoms with Gasteiger partial charge in [-0.25, -0.2) is 4.90 Å². The molecule has 140 valence electrons. The zero-order chi connectivity index (χ0) is 19.3. The molecule has 5 heteroatoms. The molecule has 1 saturated heterocycles. The van der Waals surface area contributed by atoms with Gasteiger partial charge in [-0.05, 0) is 43.0 Å². The number of para-hydroxylation sites is 2. The zero-order valence-electron chi connectivity index (χ0n) is 15.2. The fourth-order valence-electron chi connectivity index (χ4n) is 5.03. The molecule has 6 rings (SSSR count). The SMILES string of the molecule is O=C1[C@@H]2[C@H]3C=C[C@](C(=O)Nc4ccccc4)(CC3)[C@H]2C(=O)N1c1ccccc1. The number of imide groups is 1. The molecule has 3 amide bonds. The first-order chi connectivity index (χ1) is 13.6. The van der Waals surface area contributed by atoms with Gasteiger partial charge in [-0.15, -0.1) is 0 Å². The van der Waals surface area contributed by atoms with Crippen LogP contribution in [0.5, 0.6) is 0 Å². The van der Waals surface area contributed by atoms with Crippen molar-refractivity contribution in [3.8, 4) is 0 Å². The van der Waals surface area contributed by atoms with E-state index < -0.39 is 17.3 Å². The highest BCUT2D eigenvalue weighted by molar-refractivity contribution is 6.24. The zero-order valence-corrected chi connectivity index (χ0v) is 15.2. The van der Waals surface area contributed by atoms with Gasteiger partial charge in [0.05, 0.1) is 22.9 Å². The van der Waals surface area contributed by atoms with E-state index in [1.54, 1.807) is 12.1 Å². The van der Waals surface area contributed by atoms with Crippen LogP contribution in [0.4, 0.5) is 11.4 Å². The van der Waals surface area contributed by atoms with E-state index in [9.17, 15) is 14.4 Å². The van der Waals surface area contributed by atoms with E-state index in [0.29, 0.717) is 17.8 Å². The fraction of sp³-hybridized carbons (Fsp3) is 0.261. The van der Waals surface area contributed by atoms with Crippen LogP contribution in [0.2, 0.25) is 0 Å². The number of carbonyl (C=O) groups excluding carboxylic acids is 3. The molecule has 4 aliphatic rings. The Morgan fingerprint density at radius 1 is 0.964 bits per heavy atom. The minimum absolute atomic E-state index is 0.0153. The molecule has 1 aliphatic heterocycles. The Hall–Kier alpha value is -3.21. The summed E-state index contributed by atoms with van der Waals surface area (Å²) < 4.78 is 0. The lowest BCUT2D eigenvalue weighted by Crippen LogP contribution is -2.53. The predicted molar refractivity (Wildman–Crippen MR) is 105 cm³/mol. The summed E-state index contributed by atoms with van der Waals surface area (Å²) in [5, 5.41) is 2.96. The van der Waals surface area contributed by atoms with Crippen molar-refractivity contribution in [2.45, 2.75) is 12.8 Å². The Labute approximate surface area is 163 Å². The van der Waals surface area contributed by atoms with Crippen molar-refractivity contribution >= 4 is 29.1 Å². The summed E-state index contributed by atoms with van der Waals surface area (Å²) in [6.45, 7) is 0. The molecule has 28 heavy (non-hydrogen) atoms. The van der Waals surface area contributed by atoms with Gasteiger partial charge in [0.25, 0.3) is 0 Å². The van der Waals surface area contributed by atoms with Gasteiger partial charge in [-0.3, -0.25) is 14.4 Å². The van der Waals surface area contributed by atoms with Crippen molar-refractivity contribution < 1.29 is 14.4 Å². The van der Waals surface area contributed by atoms with E-state index in [-0.39, 0.29) is 23.6 Å². The van der Waals surface area contributed by atoms with Gasteiger partial charge in [0.15, 0.2) is 0 Å². The normalized spacial score (nSPS) is 30.4. The molecule has 5 nitrogen and oxygen atoms in total. The predicted octanol–water partition coefficient (Wildman–Crippen LogP) is 3.40. The minimum atomic E-state index is -0.981. The van der Waals surface area contributed by atoms with Crippen molar-refractivity contribution in [2.24, 2.45) is 23.2 Å². The van der Waals surface area contributed by atoms with E-state index in [1.807, 2.05) is 60.7 Å². The van der Waals surface area contributed by atoms with Gasteiger partial charge in [0.2, 0.25) is 17.7 Å². The van der Waals surface area contributed by atoms with Crippen LogP contribution in [-0.4, -0.2) is 17.7 Å². The number of nitrogens with zero attached hydrogens (tertiary/aromatic N) is 1. The van der Waals surface area contributed by atoms with Crippen molar-refractivity contribution in [3.05, 3.63) is 72.8 Å². The van der Waals surface area contributed by atoms with E-state index in [1.165, 1.54) is 4.90 Å². The third-order valence-electron chi connectivity index (χ3n) is 6.37. The molecular weight excluding hydrogens is 352 g/mol. The molecule has 2 aromatic carbocycles. The lowest BCUT2D eigenvalue weighted by molar-refractivity contribution is -0.140. The van der Waals surface area contributed by atoms with Gasteiger partial charge in [0.1, 0.15) is 0 Å². The first-order valence-electron chi connectivity index (χ1n) is 9.60. The van der Waals surface area contributed by atoms with Crippen molar-refractivity contribution in [3.63, 3.8) is 0 Å². The van der Waals surface area contributed by atoms with Crippen LogP contribution in [-0.2, 0) is 14.4 Å². The van der Waals surface area contributed by atoms with E-state index in [0.717, 1.165) is 6.42 Å². The van der Waals surface area contributed by atoms with E-state index in [2.05, 4.69) is 5.32 Å². The molecule has 3 aliphatic carbocycles. The Morgan fingerprint density at radius 2 is 1.64 bits per heavy atom. The molecule has 0 spiro atoms. The summed E-state index contributed by atoms with van der Waals surface area (Å²) in [7, 11) is 0. The second-order valence-corrected chi connectivity index (χ2v) is 7.77. The average Bonchev–Trinajstić information content (AvgIpc) is 3.03. The van der Waals surface area contributed by atoms with Gasteiger partial charge in [0, 0.05) is 5.69 Å². The number of rotatable bonds is 3. The summed E-state index contributed by atoms with van der Waals surface area (Å²) in [5.41, 5.74) is 0.284. The Bertz CT molecular complexity index is 985. The summed E-state index contributed by atoms with van der Waals surface area (Å²) >= 11 is 0. The number of anilines is 2. The molecule has 1 N–H and O–H groups in total. The maximum absolute atomic E-state index is 13.4. The maximum atomic E-state index is 13.4. The van der Waals surface area contributed by atoms with Crippen LogP contribution >= 0.6 is 0 Å². The van der Waals surface area contributed by atoms with E-state index in [4.69, 9.17) is 0 Å². The van der Waals surface area contributed by atoms with Crippen molar-refractivity contribution in [2.75, 3.05) is 10.2 Å². The van der Waals surface area contributed by atoms with Crippen LogP contribution in [0.15, 0.2) is 72.8 Å². The molecule has 1 saturated carbocycles. The second kappa shape index (κ2) is 6.16. The van der Waals surface area contributed by atoms with Crippen molar-refractivity contribution in [1.29, 1.82) is 0 Å². The highest BCUT2D eigenvalue weighted by Gasteiger charge is 2.65. The molecule has 0 aromatic heterocycles. The van der Waals surface area contributed by atoms with Gasteiger partial charge >= 0.3 is 0 Å². The lowest BCUT2D eigenvalue weighted by Gasteiger charge is -2.46. The van der Waals surface area contributed by atoms with E-state index >= 15 is 0 Å². The molecule has 0 radical (unpaired) electrons. The molecule has 2 fully saturated rings. The number of carbonyl (C=O) groups is 3. The average molecular weight is 372 g/mol. The highest BCUT2D eigenvalue weighted by Crippen LogP contribution is 2.57. The number of hydrogen-bond acceptors (Lipinski definition) is 3. The Morgan fingerprint density at radius 3 is 2.29 bits per heavy atom. The molecule has 4 atom stereocenters. The van der Waals surface area contributed by atoms with Crippen LogP contribution in [0, 0.1) is 23.2 Å². The summed E-state index contributed by atoms with van der Waals surface area (Å²) in [6, 6.07) is 18.2. The van der Waals surface area contributed by atoms with Gasteiger partial charge in [-0.1, -0.05) is 48.6 Å². The molecule has 1 heterocycles. The minimum Gasteiger partial charge on any atom is -0.325 e. The highest BCUT2D eigenvalue weighted by atomic mass is 16.2. The van der Waals surface area contributed by atoms with Crippen LogP contribution in [0.1, 0.15) is 12.8 Å². The Balaban J connectivity index is 1.54. The largest absolute Gasteiger partial charge is 0.325 e. The van der Waals surface area contributed by atoms with Crippen LogP contribution in [0.3, 0.4) is 0 Å². The van der Waals surface area contributed by atoms with Gasteiger partial charge in [-0.2, -0.15) is 0 Å². The molecule has 0 unspecified atom stereocenters. The third-order valence-corrected chi connectivity index (χ3v) is 6.37. The summed E-state index contributed by atoms with van der Waals surface area (Å²) in [6.07, 6.45) is 5.16. The third kappa shape index (κ3) is 2.29. The first-order valence-corrected chi connectivity index (χ1v) is 9.60. The smallest absolute Gasteiger partial charge is 0.239 e. The fourth-order valence-corrected chi connectivity index (χ4v) is 5.03. The number of fused-ring (bicyclic) bond motifs is 1. The number of amides is 3. The standard InChI is InChI=1S/C23H20N2O3/c26-20-18-15-11-13-23(14-12-15,22(28)24-16-7-3-1-4-8-16)19(18)21(27)25(20)17-9-5-2-6-10-17/h1-11,13,15,18-19H,12,14H2,(H,24,28)/t15-,18+,19+,23-/m0/s1. The molecular formula is C23H20N2O3. The number of nitrogens with one attached hydrogen (secondary N) is 1. The number of hydrogen-bond donors (Lipinski definition) is 1. The summed E-state index contributed by atoms with van der Waals surface area (Å²) in [5.74, 6) is -1.76.